The molecule has 1 heterocycles. The summed E-state index contributed by atoms with van der Waals surface area (Å²) in [6.07, 6.45) is 0. The summed E-state index contributed by atoms with van der Waals surface area (Å²) in [5.74, 6) is -0.347. The third kappa shape index (κ3) is 2.76. The van der Waals surface area contributed by atoms with E-state index in [-0.39, 0.29) is 12.1 Å². The van der Waals surface area contributed by atoms with E-state index in [2.05, 4.69) is 15.3 Å². The highest BCUT2D eigenvalue weighted by Gasteiger charge is 2.11. The van der Waals surface area contributed by atoms with E-state index in [1.165, 1.54) is 12.1 Å². The van der Waals surface area contributed by atoms with Gasteiger partial charge in [-0.1, -0.05) is 18.2 Å². The molecule has 0 aliphatic carbocycles. The molecule has 2 aromatic carbocycles. The number of hydrogen-bond acceptors (Lipinski definition) is 2. The Morgan fingerprint density at radius 3 is 2.90 bits per heavy atom. The van der Waals surface area contributed by atoms with Crippen LogP contribution in [0.3, 0.4) is 0 Å². The number of nitrogens with zero attached hydrogens (tertiary/aromatic N) is 1. The lowest BCUT2D eigenvalue weighted by atomic mass is 10.2. The van der Waals surface area contributed by atoms with E-state index in [1.807, 2.05) is 25.1 Å². The minimum atomic E-state index is -0.532. The van der Waals surface area contributed by atoms with Crippen LogP contribution in [0, 0.1) is 12.7 Å². The molecule has 5 heteroatoms. The molecule has 0 saturated heterocycles. The van der Waals surface area contributed by atoms with Gasteiger partial charge in [0.15, 0.2) is 0 Å². The van der Waals surface area contributed by atoms with Crippen LogP contribution in [-0.2, 0) is 6.54 Å². The van der Waals surface area contributed by atoms with E-state index >= 15 is 0 Å². The monoisotopic (exact) mass is 283 g/mol. The van der Waals surface area contributed by atoms with Gasteiger partial charge in [0.25, 0.3) is 5.91 Å². The third-order valence-corrected chi connectivity index (χ3v) is 3.22. The SMILES string of the molecule is Cc1ccc2nc(CNC(=O)c3ccccc3F)[nH]c2c1. The topological polar surface area (TPSA) is 57.8 Å². The van der Waals surface area contributed by atoms with Crippen LogP contribution in [-0.4, -0.2) is 15.9 Å². The van der Waals surface area contributed by atoms with Gasteiger partial charge in [-0.15, -0.1) is 0 Å². The van der Waals surface area contributed by atoms with Crippen LogP contribution in [0.5, 0.6) is 0 Å². The predicted octanol–water partition coefficient (Wildman–Crippen LogP) is 2.94. The van der Waals surface area contributed by atoms with Crippen molar-refractivity contribution in [1.29, 1.82) is 0 Å². The number of H-pyrrole nitrogens is 1. The zero-order valence-corrected chi connectivity index (χ0v) is 11.5. The Bertz CT molecular complexity index is 810. The van der Waals surface area contributed by atoms with Gasteiger partial charge in [-0.2, -0.15) is 0 Å². The van der Waals surface area contributed by atoms with Crippen LogP contribution in [0.4, 0.5) is 4.39 Å². The second-order valence-electron chi connectivity index (χ2n) is 4.87. The van der Waals surface area contributed by atoms with E-state index in [1.54, 1.807) is 12.1 Å². The molecule has 0 spiro atoms. The fourth-order valence-electron chi connectivity index (χ4n) is 2.16. The Kier molecular flexibility index (Phi) is 3.39. The smallest absolute Gasteiger partial charge is 0.254 e. The van der Waals surface area contributed by atoms with Crippen molar-refractivity contribution in [2.45, 2.75) is 13.5 Å². The van der Waals surface area contributed by atoms with Gasteiger partial charge in [0.2, 0.25) is 0 Å². The normalized spacial score (nSPS) is 10.8. The fraction of sp³-hybridized carbons (Fsp3) is 0.125. The van der Waals surface area contributed by atoms with Crippen molar-refractivity contribution in [2.75, 3.05) is 0 Å². The van der Waals surface area contributed by atoms with E-state index < -0.39 is 11.7 Å². The number of rotatable bonds is 3. The Hall–Kier alpha value is -2.69. The average Bonchev–Trinajstić information content (AvgIpc) is 2.87. The van der Waals surface area contributed by atoms with Gasteiger partial charge in [-0.25, -0.2) is 9.37 Å². The van der Waals surface area contributed by atoms with Crippen LogP contribution < -0.4 is 5.32 Å². The molecule has 4 nitrogen and oxygen atoms in total. The summed E-state index contributed by atoms with van der Waals surface area (Å²) in [7, 11) is 0. The molecule has 2 N–H and O–H groups in total. The largest absolute Gasteiger partial charge is 0.345 e. The van der Waals surface area contributed by atoms with E-state index in [9.17, 15) is 9.18 Å². The van der Waals surface area contributed by atoms with Gasteiger partial charge in [0, 0.05) is 0 Å². The van der Waals surface area contributed by atoms with Gasteiger partial charge in [0.05, 0.1) is 23.1 Å². The number of imidazole rings is 1. The molecule has 3 aromatic rings. The molecule has 0 aliphatic heterocycles. The van der Waals surface area contributed by atoms with Gasteiger partial charge in [0.1, 0.15) is 11.6 Å². The lowest BCUT2D eigenvalue weighted by Gasteiger charge is -2.03. The number of amides is 1. The molecule has 0 unspecified atom stereocenters. The predicted molar refractivity (Wildman–Crippen MR) is 78.4 cm³/mol. The summed E-state index contributed by atoms with van der Waals surface area (Å²) in [6, 6.07) is 11.8. The molecule has 0 aliphatic rings. The molecular formula is C16H14FN3O. The van der Waals surface area contributed by atoms with Crippen molar-refractivity contribution in [3.63, 3.8) is 0 Å². The number of aryl methyl sites for hydroxylation is 1. The first-order valence-corrected chi connectivity index (χ1v) is 6.61. The summed E-state index contributed by atoms with van der Waals surface area (Å²) in [5.41, 5.74) is 2.93. The molecule has 0 saturated carbocycles. The molecule has 1 amide bonds. The quantitative estimate of drug-likeness (QED) is 0.776. The maximum atomic E-state index is 13.5. The number of benzene rings is 2. The van der Waals surface area contributed by atoms with Crippen LogP contribution in [0.2, 0.25) is 0 Å². The average molecular weight is 283 g/mol. The summed E-state index contributed by atoms with van der Waals surface area (Å²) in [6.45, 7) is 2.22. The standard InChI is InChI=1S/C16H14FN3O/c1-10-6-7-13-14(8-10)20-15(19-13)9-18-16(21)11-4-2-3-5-12(11)17/h2-8H,9H2,1H3,(H,18,21)(H,19,20). The first-order chi connectivity index (χ1) is 10.1. The number of fused-ring (bicyclic) bond motifs is 1. The molecule has 3 rings (SSSR count). The Morgan fingerprint density at radius 2 is 2.10 bits per heavy atom. The molecule has 0 fully saturated rings. The lowest BCUT2D eigenvalue weighted by Crippen LogP contribution is -2.24. The number of aromatic nitrogens is 2. The highest BCUT2D eigenvalue weighted by atomic mass is 19.1. The highest BCUT2D eigenvalue weighted by molar-refractivity contribution is 5.94. The third-order valence-electron chi connectivity index (χ3n) is 3.22. The van der Waals surface area contributed by atoms with Crippen molar-refractivity contribution in [1.82, 2.24) is 15.3 Å². The molecule has 0 atom stereocenters. The number of carbonyl (C=O) groups excluding carboxylic acids is 1. The number of nitrogens with one attached hydrogen (secondary N) is 2. The zero-order chi connectivity index (χ0) is 14.8. The van der Waals surface area contributed by atoms with Crippen molar-refractivity contribution in [3.8, 4) is 0 Å². The van der Waals surface area contributed by atoms with E-state index in [0.29, 0.717) is 5.82 Å². The van der Waals surface area contributed by atoms with Crippen molar-refractivity contribution < 1.29 is 9.18 Å². The minimum Gasteiger partial charge on any atom is -0.345 e. The molecule has 0 bridgehead atoms. The van der Waals surface area contributed by atoms with Crippen molar-refractivity contribution in [2.24, 2.45) is 0 Å². The van der Waals surface area contributed by atoms with Gasteiger partial charge in [-0.3, -0.25) is 4.79 Å². The second kappa shape index (κ2) is 5.36. The van der Waals surface area contributed by atoms with Crippen molar-refractivity contribution in [3.05, 3.63) is 65.2 Å². The molecular weight excluding hydrogens is 269 g/mol. The lowest BCUT2D eigenvalue weighted by molar-refractivity contribution is 0.0946. The molecule has 0 radical (unpaired) electrons. The Balaban J connectivity index is 1.74. The summed E-state index contributed by atoms with van der Waals surface area (Å²) < 4.78 is 13.5. The summed E-state index contributed by atoms with van der Waals surface area (Å²) in [4.78, 5) is 19.4. The second-order valence-corrected chi connectivity index (χ2v) is 4.87. The zero-order valence-electron chi connectivity index (χ0n) is 11.5. The molecule has 106 valence electrons. The maximum absolute atomic E-state index is 13.5. The van der Waals surface area contributed by atoms with Crippen LogP contribution in [0.1, 0.15) is 21.7 Å². The number of carbonyl (C=O) groups is 1. The molecule has 21 heavy (non-hydrogen) atoms. The van der Waals surface area contributed by atoms with Crippen molar-refractivity contribution >= 4 is 16.9 Å². The Morgan fingerprint density at radius 1 is 1.29 bits per heavy atom. The number of halogens is 1. The first-order valence-electron chi connectivity index (χ1n) is 6.61. The summed E-state index contributed by atoms with van der Waals surface area (Å²) >= 11 is 0. The number of aromatic amines is 1. The molecule has 1 aromatic heterocycles. The van der Waals surface area contributed by atoms with E-state index in [4.69, 9.17) is 0 Å². The first kappa shape index (κ1) is 13.3. The fourth-order valence-corrected chi connectivity index (χ4v) is 2.16. The van der Waals surface area contributed by atoms with Gasteiger partial charge >= 0.3 is 0 Å². The van der Waals surface area contributed by atoms with Gasteiger partial charge < -0.3 is 10.3 Å². The highest BCUT2D eigenvalue weighted by Crippen LogP contribution is 2.13. The minimum absolute atomic E-state index is 0.0319. The Labute approximate surface area is 121 Å². The summed E-state index contributed by atoms with van der Waals surface area (Å²) in [5, 5.41) is 2.66. The van der Waals surface area contributed by atoms with E-state index in [0.717, 1.165) is 16.6 Å². The maximum Gasteiger partial charge on any atom is 0.254 e. The van der Waals surface area contributed by atoms with Crippen LogP contribution in [0.15, 0.2) is 42.5 Å². The van der Waals surface area contributed by atoms with Crippen LogP contribution >= 0.6 is 0 Å². The number of hydrogen-bond donors (Lipinski definition) is 2. The van der Waals surface area contributed by atoms with Gasteiger partial charge in [-0.05, 0) is 36.8 Å². The van der Waals surface area contributed by atoms with Crippen LogP contribution in [0.25, 0.3) is 11.0 Å².